The third-order valence-corrected chi connectivity index (χ3v) is 5.52. The summed E-state index contributed by atoms with van der Waals surface area (Å²) in [4.78, 5) is 26.4. The van der Waals surface area contributed by atoms with Gasteiger partial charge in [-0.15, -0.1) is 0 Å². The first kappa shape index (κ1) is 27.8. The van der Waals surface area contributed by atoms with Gasteiger partial charge >= 0.3 is 0 Å². The van der Waals surface area contributed by atoms with Crippen molar-refractivity contribution >= 4 is 17.9 Å². The Labute approximate surface area is 198 Å². The molecule has 3 N–H and O–H groups in total. The van der Waals surface area contributed by atoms with Crippen molar-refractivity contribution in [3.63, 3.8) is 0 Å². The molecule has 0 heterocycles. The molecule has 0 spiro atoms. The van der Waals surface area contributed by atoms with Gasteiger partial charge in [-0.25, -0.2) is 0 Å². The number of para-hydroxylation sites is 1. The highest BCUT2D eigenvalue weighted by Crippen LogP contribution is 2.19. The maximum absolute atomic E-state index is 13.4. The average molecular weight is 455 g/mol. The average Bonchev–Trinajstić information content (AvgIpc) is 2.84. The number of nitriles is 1. The Morgan fingerprint density at radius 2 is 1.67 bits per heavy atom. The van der Waals surface area contributed by atoms with E-state index < -0.39 is 0 Å². The van der Waals surface area contributed by atoms with Gasteiger partial charge in [-0.05, 0) is 37.5 Å². The van der Waals surface area contributed by atoms with Crippen LogP contribution in [0, 0.1) is 11.3 Å². The Kier molecular flexibility index (Phi) is 13.8. The summed E-state index contributed by atoms with van der Waals surface area (Å²) in [7, 11) is 0. The van der Waals surface area contributed by atoms with E-state index >= 15 is 0 Å². The summed E-state index contributed by atoms with van der Waals surface area (Å²) >= 11 is 0. The lowest BCUT2D eigenvalue weighted by Crippen LogP contribution is -2.34. The molecule has 1 rings (SSSR count). The number of nitrogens with one attached hydrogen (secondary N) is 2. The first-order valence-corrected chi connectivity index (χ1v) is 11.8. The molecule has 0 saturated heterocycles. The fraction of sp³-hybridized carbons (Fsp3) is 0.500. The van der Waals surface area contributed by atoms with Crippen LogP contribution in [0.5, 0.6) is 0 Å². The number of anilines is 1. The van der Waals surface area contributed by atoms with E-state index in [9.17, 15) is 14.7 Å². The van der Waals surface area contributed by atoms with Crippen LogP contribution in [0.25, 0.3) is 0 Å². The minimum Gasteiger partial charge on any atom is -0.513 e. The van der Waals surface area contributed by atoms with Crippen molar-refractivity contribution in [1.29, 1.82) is 5.26 Å². The fourth-order valence-electron chi connectivity index (χ4n) is 3.42. The third kappa shape index (κ3) is 9.40. The number of rotatable bonds is 16. The summed E-state index contributed by atoms with van der Waals surface area (Å²) in [6.07, 6.45) is 9.99. The number of allylic oxidation sites excluding steroid dienone is 2. The zero-order chi connectivity index (χ0) is 24.5. The quantitative estimate of drug-likeness (QED) is 0.0567. The highest BCUT2D eigenvalue weighted by atomic mass is 16.2. The molecule has 0 saturated carbocycles. The molecule has 0 aliphatic carbocycles. The minimum absolute atomic E-state index is 0.0414. The van der Waals surface area contributed by atoms with E-state index in [2.05, 4.69) is 24.7 Å². The molecule has 1 aromatic rings. The van der Waals surface area contributed by atoms with Gasteiger partial charge in [-0.1, -0.05) is 64.5 Å². The number of aliphatic hydroxyl groups is 1. The second-order valence-corrected chi connectivity index (χ2v) is 8.02. The van der Waals surface area contributed by atoms with E-state index in [1.54, 1.807) is 25.1 Å². The van der Waals surface area contributed by atoms with Crippen molar-refractivity contribution in [2.45, 2.75) is 72.1 Å². The number of aldehydes is 1. The molecule has 0 unspecified atom stereocenters. The first-order valence-electron chi connectivity index (χ1n) is 11.8. The predicted octanol–water partition coefficient (Wildman–Crippen LogP) is 5.64. The monoisotopic (exact) mass is 454 g/mol. The van der Waals surface area contributed by atoms with Gasteiger partial charge in [-0.2, -0.15) is 5.26 Å². The molecule has 33 heavy (non-hydrogen) atoms. The number of amides is 1. The van der Waals surface area contributed by atoms with E-state index in [-0.39, 0.29) is 17.2 Å². The summed E-state index contributed by atoms with van der Waals surface area (Å²) in [6.45, 7) is 7.34. The van der Waals surface area contributed by atoms with Gasteiger partial charge in [0.25, 0.3) is 5.91 Å². The van der Waals surface area contributed by atoms with Gasteiger partial charge in [0.1, 0.15) is 12.3 Å². The lowest BCUT2D eigenvalue weighted by Gasteiger charge is -2.24. The molecule has 7 heteroatoms. The molecule has 0 atom stereocenters. The number of nitrogens with zero attached hydrogens (tertiary/aromatic N) is 2. The summed E-state index contributed by atoms with van der Waals surface area (Å²) in [5, 5.41) is 18.6. The molecule has 0 aromatic heterocycles. The molecule has 1 amide bonds. The molecular formula is C26H38N4O3. The normalized spacial score (nSPS) is 11.9. The predicted molar refractivity (Wildman–Crippen MR) is 132 cm³/mol. The van der Waals surface area contributed by atoms with Gasteiger partial charge in [-0.3, -0.25) is 20.4 Å². The largest absolute Gasteiger partial charge is 0.513 e. The molecule has 0 radical (unpaired) electrons. The van der Waals surface area contributed by atoms with E-state index in [1.165, 1.54) is 0 Å². The van der Waals surface area contributed by atoms with Crippen LogP contribution in [0.3, 0.4) is 0 Å². The van der Waals surface area contributed by atoms with Gasteiger partial charge in [0.15, 0.2) is 6.29 Å². The van der Waals surface area contributed by atoms with Crippen LogP contribution >= 0.6 is 0 Å². The van der Waals surface area contributed by atoms with Crippen LogP contribution in [-0.2, 0) is 4.79 Å². The molecule has 0 bridgehead atoms. The Hall–Kier alpha value is -3.27. The number of hydrazine groups is 1. The van der Waals surface area contributed by atoms with Crippen LogP contribution in [0.1, 0.15) is 82.5 Å². The smallest absolute Gasteiger partial charge is 0.256 e. The summed E-state index contributed by atoms with van der Waals surface area (Å²) in [6, 6.07) is 8.97. The number of carbonyl (C=O) groups excluding carboxylic acids is 2. The van der Waals surface area contributed by atoms with Crippen molar-refractivity contribution in [1.82, 2.24) is 10.3 Å². The van der Waals surface area contributed by atoms with Crippen LogP contribution < -0.4 is 10.9 Å². The number of benzene rings is 1. The van der Waals surface area contributed by atoms with Crippen molar-refractivity contribution in [2.75, 3.05) is 18.5 Å². The Morgan fingerprint density at radius 3 is 2.18 bits per heavy atom. The molecule has 7 nitrogen and oxygen atoms in total. The van der Waals surface area contributed by atoms with Crippen molar-refractivity contribution < 1.29 is 14.7 Å². The van der Waals surface area contributed by atoms with Gasteiger partial charge in [0, 0.05) is 13.1 Å². The van der Waals surface area contributed by atoms with Gasteiger partial charge < -0.3 is 10.0 Å². The molecular weight excluding hydrogens is 416 g/mol. The lowest BCUT2D eigenvalue weighted by atomic mass is 10.1. The summed E-state index contributed by atoms with van der Waals surface area (Å²) < 4.78 is 0. The maximum Gasteiger partial charge on any atom is 0.256 e. The standard InChI is InChI=1S/C26H38N4O3/c1-4-6-8-12-16-30(17-13-9-7-5-2)26(33)23-14-10-11-15-24(23)28-29-25(20-32)21(3)22(18-27)19-31/h10-11,14-15,19-20,28-29,32H,4-9,12-13,16-17H2,1-3H3/b22-21-,25-20-. The molecule has 0 aliphatic heterocycles. The number of hydrogen-bond acceptors (Lipinski definition) is 6. The highest BCUT2D eigenvalue weighted by molar-refractivity contribution is 5.99. The topological polar surface area (TPSA) is 105 Å². The van der Waals surface area contributed by atoms with Crippen molar-refractivity contribution in [3.8, 4) is 6.07 Å². The van der Waals surface area contributed by atoms with Crippen molar-refractivity contribution in [3.05, 3.63) is 52.9 Å². The SMILES string of the molecule is CCCCCCN(CCCCCC)C(=O)c1ccccc1NNC(=C\O)/C(C)=C(/C#N)C=O. The van der Waals surface area contributed by atoms with Crippen LogP contribution in [0.2, 0.25) is 0 Å². The maximum atomic E-state index is 13.4. The molecule has 0 aliphatic rings. The fourth-order valence-corrected chi connectivity index (χ4v) is 3.42. The van der Waals surface area contributed by atoms with E-state index in [1.807, 2.05) is 17.0 Å². The zero-order valence-corrected chi connectivity index (χ0v) is 20.2. The van der Waals surface area contributed by atoms with Crippen LogP contribution in [0.4, 0.5) is 5.69 Å². The first-order chi connectivity index (χ1) is 16.0. The number of unbranched alkanes of at least 4 members (excludes halogenated alkanes) is 6. The Bertz CT molecular complexity index is 843. The van der Waals surface area contributed by atoms with E-state index in [0.717, 1.165) is 70.7 Å². The lowest BCUT2D eigenvalue weighted by molar-refractivity contribution is -0.104. The minimum atomic E-state index is -0.0979. The summed E-state index contributed by atoms with van der Waals surface area (Å²) in [5.41, 5.74) is 7.19. The molecule has 0 fully saturated rings. The van der Waals surface area contributed by atoms with Crippen LogP contribution in [0.15, 0.2) is 47.4 Å². The van der Waals surface area contributed by atoms with Gasteiger partial charge in [0.05, 0.1) is 22.5 Å². The second kappa shape index (κ2) is 16.4. The third-order valence-electron chi connectivity index (χ3n) is 5.52. The molecule has 1 aromatic carbocycles. The number of carbonyl (C=O) groups is 2. The van der Waals surface area contributed by atoms with E-state index in [0.29, 0.717) is 23.1 Å². The second-order valence-electron chi connectivity index (χ2n) is 8.02. The molecule has 180 valence electrons. The Morgan fingerprint density at radius 1 is 1.06 bits per heavy atom. The zero-order valence-electron chi connectivity index (χ0n) is 20.2. The van der Waals surface area contributed by atoms with E-state index in [4.69, 9.17) is 5.26 Å². The van der Waals surface area contributed by atoms with Crippen LogP contribution in [-0.4, -0.2) is 35.3 Å². The highest BCUT2D eigenvalue weighted by Gasteiger charge is 2.19. The van der Waals surface area contributed by atoms with Gasteiger partial charge in [0.2, 0.25) is 0 Å². The Balaban J connectivity index is 3.01. The van der Waals surface area contributed by atoms with Crippen molar-refractivity contribution in [2.24, 2.45) is 0 Å². The number of hydrogen-bond donors (Lipinski definition) is 3. The summed E-state index contributed by atoms with van der Waals surface area (Å²) in [5.74, 6) is -0.0414. The number of aliphatic hydroxyl groups excluding tert-OH is 1.